The third kappa shape index (κ3) is 4.04. The molecule has 18 heavy (non-hydrogen) atoms. The lowest BCUT2D eigenvalue weighted by Crippen LogP contribution is -2.43. The highest BCUT2D eigenvalue weighted by molar-refractivity contribution is 7.09. The van der Waals surface area contributed by atoms with Crippen molar-refractivity contribution < 1.29 is 4.79 Å². The van der Waals surface area contributed by atoms with E-state index in [-0.39, 0.29) is 5.91 Å². The molecule has 0 radical (unpaired) electrons. The Balaban J connectivity index is 2.54. The van der Waals surface area contributed by atoms with E-state index in [9.17, 15) is 4.79 Å². The smallest absolute Gasteiger partial charge is 0.270 e. The lowest BCUT2D eigenvalue weighted by Gasteiger charge is -2.27. The molecule has 1 aromatic rings. The lowest BCUT2D eigenvalue weighted by molar-refractivity contribution is 0.0930. The number of rotatable bonds is 6. The van der Waals surface area contributed by atoms with E-state index in [1.54, 1.807) is 5.38 Å². The van der Waals surface area contributed by atoms with E-state index in [2.05, 4.69) is 29.0 Å². The number of likely N-dealkylation sites (N-methyl/N-ethyl adjacent to an activating group) is 1. The third-order valence-corrected chi connectivity index (χ3v) is 3.73. The number of nitrogens with zero attached hydrogens (tertiary/aromatic N) is 2. The number of aromatic nitrogens is 1. The molecule has 0 fully saturated rings. The number of carbonyl (C=O) groups is 1. The molecule has 1 amide bonds. The van der Waals surface area contributed by atoms with Crippen molar-refractivity contribution >= 4 is 17.2 Å². The molecule has 5 nitrogen and oxygen atoms in total. The molecular weight excluding hydrogens is 248 g/mol. The summed E-state index contributed by atoms with van der Waals surface area (Å²) in [4.78, 5) is 18.2. The molecule has 102 valence electrons. The van der Waals surface area contributed by atoms with Crippen LogP contribution in [0.3, 0.4) is 0 Å². The van der Waals surface area contributed by atoms with Gasteiger partial charge in [0.05, 0.1) is 0 Å². The minimum atomic E-state index is -0.126. The maximum Gasteiger partial charge on any atom is 0.270 e. The molecule has 1 unspecified atom stereocenters. The number of thiazole rings is 1. The summed E-state index contributed by atoms with van der Waals surface area (Å²) in [6.45, 7) is 5.29. The zero-order chi connectivity index (χ0) is 13.7. The highest BCUT2D eigenvalue weighted by Gasteiger charge is 2.18. The zero-order valence-corrected chi connectivity index (χ0v) is 12.3. The molecule has 1 rings (SSSR count). The van der Waals surface area contributed by atoms with Crippen LogP contribution in [0.5, 0.6) is 0 Å². The fourth-order valence-corrected chi connectivity index (χ4v) is 2.47. The number of nitrogens with two attached hydrogens (primary N) is 1. The van der Waals surface area contributed by atoms with Crippen LogP contribution in [0.1, 0.15) is 29.3 Å². The van der Waals surface area contributed by atoms with Crippen molar-refractivity contribution in [3.63, 3.8) is 0 Å². The van der Waals surface area contributed by atoms with Crippen LogP contribution in [0.25, 0.3) is 0 Å². The minimum Gasteiger partial charge on any atom is -0.349 e. The van der Waals surface area contributed by atoms with E-state index in [0.717, 1.165) is 5.01 Å². The van der Waals surface area contributed by atoms with Crippen LogP contribution in [-0.2, 0) is 6.54 Å². The van der Waals surface area contributed by atoms with Crippen molar-refractivity contribution in [2.75, 3.05) is 20.6 Å². The first-order valence-corrected chi connectivity index (χ1v) is 6.92. The molecule has 0 saturated heterocycles. The summed E-state index contributed by atoms with van der Waals surface area (Å²) >= 11 is 1.42. The SMILES string of the molecule is CC(C)C(CNC(=O)c1csc(CN)n1)N(C)C. The van der Waals surface area contributed by atoms with Crippen molar-refractivity contribution in [1.82, 2.24) is 15.2 Å². The number of hydrogen-bond acceptors (Lipinski definition) is 5. The van der Waals surface area contributed by atoms with Crippen molar-refractivity contribution in [2.45, 2.75) is 26.4 Å². The Bertz CT molecular complexity index is 381. The first kappa shape index (κ1) is 15.1. The van der Waals surface area contributed by atoms with Crippen LogP contribution < -0.4 is 11.1 Å². The molecule has 1 atom stereocenters. The quantitative estimate of drug-likeness (QED) is 0.806. The van der Waals surface area contributed by atoms with Gasteiger partial charge in [0.1, 0.15) is 10.7 Å². The van der Waals surface area contributed by atoms with Gasteiger partial charge in [0.2, 0.25) is 0 Å². The summed E-state index contributed by atoms with van der Waals surface area (Å²) in [5.74, 6) is 0.355. The summed E-state index contributed by atoms with van der Waals surface area (Å²) in [5, 5.41) is 5.45. The molecule has 1 heterocycles. The van der Waals surface area contributed by atoms with Crippen LogP contribution in [0, 0.1) is 5.92 Å². The van der Waals surface area contributed by atoms with E-state index < -0.39 is 0 Å². The standard InChI is InChI=1S/C12H22N4OS/c1-8(2)10(16(3)4)6-14-12(17)9-7-18-11(5-13)15-9/h7-8,10H,5-6,13H2,1-4H3,(H,14,17). The molecule has 6 heteroatoms. The maximum absolute atomic E-state index is 11.9. The third-order valence-electron chi connectivity index (χ3n) is 2.86. The van der Waals surface area contributed by atoms with E-state index in [4.69, 9.17) is 5.73 Å². The van der Waals surface area contributed by atoms with Crippen LogP contribution in [-0.4, -0.2) is 42.5 Å². The molecule has 3 N–H and O–H groups in total. The number of carbonyl (C=O) groups excluding carboxylic acids is 1. The van der Waals surface area contributed by atoms with Gasteiger partial charge in [-0.05, 0) is 20.0 Å². The molecule has 0 bridgehead atoms. The van der Waals surface area contributed by atoms with Crippen LogP contribution >= 0.6 is 11.3 Å². The summed E-state index contributed by atoms with van der Waals surface area (Å²) in [6.07, 6.45) is 0. The largest absolute Gasteiger partial charge is 0.349 e. The van der Waals surface area contributed by atoms with E-state index >= 15 is 0 Å². The van der Waals surface area contributed by atoms with Gasteiger partial charge >= 0.3 is 0 Å². The van der Waals surface area contributed by atoms with E-state index in [0.29, 0.717) is 30.7 Å². The Labute approximate surface area is 112 Å². The summed E-state index contributed by atoms with van der Waals surface area (Å²) in [5.41, 5.74) is 5.93. The fourth-order valence-electron chi connectivity index (χ4n) is 1.81. The predicted octanol–water partition coefficient (Wildman–Crippen LogP) is 0.918. The fraction of sp³-hybridized carbons (Fsp3) is 0.667. The second kappa shape index (κ2) is 6.82. The zero-order valence-electron chi connectivity index (χ0n) is 11.4. The van der Waals surface area contributed by atoms with E-state index in [1.165, 1.54) is 11.3 Å². The molecular formula is C12H22N4OS. The van der Waals surface area contributed by atoms with Gasteiger partial charge in [0.15, 0.2) is 0 Å². The summed E-state index contributed by atoms with van der Waals surface area (Å²) < 4.78 is 0. The van der Waals surface area contributed by atoms with Gasteiger partial charge in [-0.2, -0.15) is 0 Å². The Kier molecular flexibility index (Phi) is 5.71. The van der Waals surface area contributed by atoms with Gasteiger partial charge in [-0.15, -0.1) is 11.3 Å². The van der Waals surface area contributed by atoms with Crippen LogP contribution in [0.4, 0.5) is 0 Å². The highest BCUT2D eigenvalue weighted by Crippen LogP contribution is 2.10. The molecule has 0 spiro atoms. The second-order valence-electron chi connectivity index (χ2n) is 4.82. The van der Waals surface area contributed by atoms with Gasteiger partial charge in [-0.1, -0.05) is 13.8 Å². The molecule has 0 aliphatic carbocycles. The Morgan fingerprint density at radius 1 is 1.56 bits per heavy atom. The molecule has 0 aliphatic rings. The van der Waals surface area contributed by atoms with E-state index in [1.807, 2.05) is 14.1 Å². The van der Waals surface area contributed by atoms with Gasteiger partial charge in [-0.3, -0.25) is 4.79 Å². The normalized spacial score (nSPS) is 13.1. The highest BCUT2D eigenvalue weighted by atomic mass is 32.1. The Morgan fingerprint density at radius 3 is 2.67 bits per heavy atom. The van der Waals surface area contributed by atoms with Crippen molar-refractivity contribution in [1.29, 1.82) is 0 Å². The van der Waals surface area contributed by atoms with Gasteiger partial charge in [-0.25, -0.2) is 4.98 Å². The minimum absolute atomic E-state index is 0.126. The second-order valence-corrected chi connectivity index (χ2v) is 5.76. The molecule has 0 aliphatic heterocycles. The predicted molar refractivity (Wildman–Crippen MR) is 74.7 cm³/mol. The lowest BCUT2D eigenvalue weighted by atomic mass is 10.0. The van der Waals surface area contributed by atoms with Gasteiger partial charge in [0, 0.05) is 24.5 Å². The van der Waals surface area contributed by atoms with Crippen LogP contribution in [0.2, 0.25) is 0 Å². The first-order chi connectivity index (χ1) is 8.45. The molecule has 1 aromatic heterocycles. The van der Waals surface area contributed by atoms with Gasteiger partial charge in [0.25, 0.3) is 5.91 Å². The van der Waals surface area contributed by atoms with Gasteiger partial charge < -0.3 is 16.0 Å². The maximum atomic E-state index is 11.9. The Morgan fingerprint density at radius 2 is 2.22 bits per heavy atom. The Hall–Kier alpha value is -0.980. The number of amides is 1. The van der Waals surface area contributed by atoms with Crippen molar-refractivity contribution in [3.8, 4) is 0 Å². The summed E-state index contributed by atoms with van der Waals surface area (Å²) in [7, 11) is 4.04. The molecule has 0 saturated carbocycles. The average molecular weight is 270 g/mol. The summed E-state index contributed by atoms with van der Waals surface area (Å²) in [6, 6.07) is 0.321. The number of hydrogen-bond donors (Lipinski definition) is 2. The van der Waals surface area contributed by atoms with Crippen molar-refractivity contribution in [3.05, 3.63) is 16.1 Å². The molecule has 0 aromatic carbocycles. The van der Waals surface area contributed by atoms with Crippen LogP contribution in [0.15, 0.2) is 5.38 Å². The number of nitrogens with one attached hydrogen (secondary N) is 1. The van der Waals surface area contributed by atoms with Crippen molar-refractivity contribution in [2.24, 2.45) is 11.7 Å². The monoisotopic (exact) mass is 270 g/mol. The topological polar surface area (TPSA) is 71.2 Å². The average Bonchev–Trinajstić information content (AvgIpc) is 2.76. The first-order valence-electron chi connectivity index (χ1n) is 6.04.